The normalized spacial score (nSPS) is 20.9. The number of unbranched alkanes of at least 4 members (excludes halogenated alkanes) is 1. The minimum absolute atomic E-state index is 0.0643. The van der Waals surface area contributed by atoms with Crippen LogP contribution in [0, 0.1) is 0 Å². The van der Waals surface area contributed by atoms with Gasteiger partial charge in [-0.25, -0.2) is 0 Å². The number of carbonyl (C=O) groups excluding carboxylic acids is 2. The molecule has 0 spiro atoms. The van der Waals surface area contributed by atoms with E-state index in [1.54, 1.807) is 11.0 Å². The van der Waals surface area contributed by atoms with Crippen molar-refractivity contribution in [1.82, 2.24) is 9.80 Å². The number of benzene rings is 2. The summed E-state index contributed by atoms with van der Waals surface area (Å²) in [6, 6.07) is 12.2. The number of Topliss-reactive ketones (excluding diaryl/α,β-unsaturated/α-hetero) is 1. The second-order valence-electron chi connectivity index (χ2n) is 9.53. The van der Waals surface area contributed by atoms with Gasteiger partial charge in [-0.1, -0.05) is 25.5 Å². The maximum Gasteiger partial charge on any atom is 0.295 e. The summed E-state index contributed by atoms with van der Waals surface area (Å²) in [5.41, 5.74) is 2.32. The molecule has 7 heteroatoms. The van der Waals surface area contributed by atoms with Gasteiger partial charge in [-0.15, -0.1) is 0 Å². The van der Waals surface area contributed by atoms with Gasteiger partial charge in [0.25, 0.3) is 11.7 Å². The van der Waals surface area contributed by atoms with Gasteiger partial charge >= 0.3 is 0 Å². The molecular weight excluding hydrogens is 444 g/mol. The van der Waals surface area contributed by atoms with Crippen LogP contribution < -0.4 is 9.47 Å². The van der Waals surface area contributed by atoms with Gasteiger partial charge in [0.1, 0.15) is 23.4 Å². The van der Waals surface area contributed by atoms with Crippen molar-refractivity contribution in [3.8, 4) is 11.5 Å². The first-order valence-electron chi connectivity index (χ1n) is 12.3. The molecule has 2 aliphatic rings. The topological polar surface area (TPSA) is 79.3 Å². The lowest BCUT2D eigenvalue weighted by Crippen LogP contribution is -2.35. The number of carbonyl (C=O) groups is 2. The molecule has 2 aromatic carbocycles. The number of hydrogen-bond acceptors (Lipinski definition) is 6. The lowest BCUT2D eigenvalue weighted by molar-refractivity contribution is -0.140. The minimum Gasteiger partial charge on any atom is -0.507 e. The van der Waals surface area contributed by atoms with E-state index >= 15 is 0 Å². The maximum absolute atomic E-state index is 13.3. The summed E-state index contributed by atoms with van der Waals surface area (Å²) in [5.74, 6) is 0.0228. The van der Waals surface area contributed by atoms with E-state index in [2.05, 4.69) is 6.92 Å². The van der Waals surface area contributed by atoms with Crippen LogP contribution in [0.25, 0.3) is 5.76 Å². The zero-order chi connectivity index (χ0) is 25.1. The fourth-order valence-corrected chi connectivity index (χ4v) is 4.60. The lowest BCUT2D eigenvalue weighted by atomic mass is 9.94. The molecule has 7 nitrogen and oxygen atoms in total. The van der Waals surface area contributed by atoms with Crippen molar-refractivity contribution < 1.29 is 24.2 Å². The molecule has 1 amide bonds. The summed E-state index contributed by atoms with van der Waals surface area (Å²) in [5, 5.41) is 11.4. The molecule has 2 aromatic rings. The SMILES string of the molecule is CCCCOc1cccc(C2/C(=C(\O)c3ccc4c(c3)CC(C)O4)C(=O)C(=O)N2CCN(C)C)c1. The van der Waals surface area contributed by atoms with Crippen LogP contribution in [0.5, 0.6) is 11.5 Å². The van der Waals surface area contributed by atoms with Crippen LogP contribution in [-0.2, 0) is 16.0 Å². The molecule has 2 aliphatic heterocycles. The number of likely N-dealkylation sites (N-methyl/N-ethyl adjacent to an activating group) is 1. The third-order valence-corrected chi connectivity index (χ3v) is 6.44. The van der Waals surface area contributed by atoms with Crippen molar-refractivity contribution in [3.63, 3.8) is 0 Å². The molecule has 2 unspecified atom stereocenters. The van der Waals surface area contributed by atoms with Gasteiger partial charge in [0.05, 0.1) is 18.2 Å². The first-order valence-corrected chi connectivity index (χ1v) is 12.3. The number of rotatable bonds is 9. The van der Waals surface area contributed by atoms with Crippen molar-refractivity contribution in [2.24, 2.45) is 0 Å². The monoisotopic (exact) mass is 478 g/mol. The lowest BCUT2D eigenvalue weighted by Gasteiger charge is -2.27. The molecule has 0 aromatic heterocycles. The molecule has 2 atom stereocenters. The Morgan fingerprint density at radius 3 is 2.74 bits per heavy atom. The fourth-order valence-electron chi connectivity index (χ4n) is 4.60. The summed E-state index contributed by atoms with van der Waals surface area (Å²) in [6.45, 7) is 5.63. The van der Waals surface area contributed by atoms with E-state index in [9.17, 15) is 14.7 Å². The fraction of sp³-hybridized carbons (Fsp3) is 0.429. The highest BCUT2D eigenvalue weighted by atomic mass is 16.5. The van der Waals surface area contributed by atoms with E-state index in [4.69, 9.17) is 9.47 Å². The number of fused-ring (bicyclic) bond motifs is 1. The van der Waals surface area contributed by atoms with Crippen LogP contribution in [0.1, 0.15) is 49.4 Å². The quantitative estimate of drug-likeness (QED) is 0.252. The summed E-state index contributed by atoms with van der Waals surface area (Å²) < 4.78 is 11.7. The molecule has 1 N–H and O–H groups in total. The smallest absolute Gasteiger partial charge is 0.295 e. The van der Waals surface area contributed by atoms with Crippen molar-refractivity contribution in [1.29, 1.82) is 0 Å². The predicted octanol–water partition coefficient (Wildman–Crippen LogP) is 4.17. The molecule has 0 radical (unpaired) electrons. The van der Waals surface area contributed by atoms with Crippen LogP contribution >= 0.6 is 0 Å². The highest BCUT2D eigenvalue weighted by Gasteiger charge is 2.46. The number of nitrogens with zero attached hydrogens (tertiary/aromatic N) is 2. The number of ether oxygens (including phenoxy) is 2. The molecular formula is C28H34N2O5. The van der Waals surface area contributed by atoms with E-state index < -0.39 is 17.7 Å². The van der Waals surface area contributed by atoms with Crippen molar-refractivity contribution in [2.75, 3.05) is 33.8 Å². The van der Waals surface area contributed by atoms with Crippen LogP contribution in [0.4, 0.5) is 0 Å². The Bertz CT molecular complexity index is 1140. The van der Waals surface area contributed by atoms with Gasteiger partial charge in [0.15, 0.2) is 0 Å². The van der Waals surface area contributed by atoms with Crippen LogP contribution in [0.3, 0.4) is 0 Å². The molecule has 35 heavy (non-hydrogen) atoms. The van der Waals surface area contributed by atoms with E-state index in [0.29, 0.717) is 31.0 Å². The summed E-state index contributed by atoms with van der Waals surface area (Å²) in [6.07, 6.45) is 2.75. The number of amides is 1. The van der Waals surface area contributed by atoms with E-state index in [1.807, 2.05) is 62.3 Å². The Kier molecular flexibility index (Phi) is 7.45. The number of hydrogen-bond donors (Lipinski definition) is 1. The van der Waals surface area contributed by atoms with Crippen LogP contribution in [0.15, 0.2) is 48.0 Å². The highest BCUT2D eigenvalue weighted by Crippen LogP contribution is 2.41. The summed E-state index contributed by atoms with van der Waals surface area (Å²) >= 11 is 0. The van der Waals surface area contributed by atoms with Crippen molar-refractivity contribution in [3.05, 3.63) is 64.7 Å². The largest absolute Gasteiger partial charge is 0.507 e. The van der Waals surface area contributed by atoms with Gasteiger partial charge < -0.3 is 24.4 Å². The van der Waals surface area contributed by atoms with Crippen LogP contribution in [0.2, 0.25) is 0 Å². The average molecular weight is 479 g/mol. The second-order valence-corrected chi connectivity index (χ2v) is 9.53. The van der Waals surface area contributed by atoms with Crippen LogP contribution in [-0.4, -0.2) is 66.5 Å². The molecule has 1 saturated heterocycles. The second kappa shape index (κ2) is 10.5. The number of likely N-dealkylation sites (tertiary alicyclic amines) is 1. The predicted molar refractivity (Wildman–Crippen MR) is 135 cm³/mol. The summed E-state index contributed by atoms with van der Waals surface area (Å²) in [7, 11) is 3.84. The van der Waals surface area contributed by atoms with Crippen molar-refractivity contribution in [2.45, 2.75) is 45.3 Å². The Hall–Kier alpha value is -3.32. The van der Waals surface area contributed by atoms with E-state index in [1.165, 1.54) is 0 Å². The Morgan fingerprint density at radius 1 is 1.20 bits per heavy atom. The molecule has 0 aliphatic carbocycles. The first-order chi connectivity index (χ1) is 16.8. The molecule has 1 fully saturated rings. The number of aliphatic hydroxyl groups excluding tert-OH is 1. The molecule has 2 heterocycles. The first kappa shape index (κ1) is 24.8. The standard InChI is InChI=1S/C28H34N2O5/c1-5-6-14-34-22-9-7-8-19(17-22)25-24(27(32)28(33)30(25)13-12-29(3)4)26(31)20-10-11-23-21(16-20)15-18(2)35-23/h7-11,16-18,25,31H,5-6,12-15H2,1-4H3/b26-24+. The highest BCUT2D eigenvalue weighted by molar-refractivity contribution is 6.46. The Labute approximate surface area is 206 Å². The molecule has 4 rings (SSSR count). The zero-order valence-corrected chi connectivity index (χ0v) is 20.9. The van der Waals surface area contributed by atoms with Gasteiger partial charge in [-0.3, -0.25) is 9.59 Å². The third kappa shape index (κ3) is 5.20. The third-order valence-electron chi connectivity index (χ3n) is 6.44. The minimum atomic E-state index is -0.701. The van der Waals surface area contributed by atoms with E-state index in [0.717, 1.165) is 36.1 Å². The summed E-state index contributed by atoms with van der Waals surface area (Å²) in [4.78, 5) is 29.9. The number of aliphatic hydroxyl groups is 1. The molecule has 0 bridgehead atoms. The van der Waals surface area contributed by atoms with Gasteiger partial charge in [-0.2, -0.15) is 0 Å². The van der Waals surface area contributed by atoms with Gasteiger partial charge in [0.2, 0.25) is 0 Å². The van der Waals surface area contributed by atoms with Gasteiger partial charge in [0, 0.05) is 25.1 Å². The zero-order valence-electron chi connectivity index (χ0n) is 20.9. The van der Waals surface area contributed by atoms with Gasteiger partial charge in [-0.05, 0) is 68.9 Å². The Balaban J connectivity index is 1.77. The van der Waals surface area contributed by atoms with E-state index in [-0.39, 0.29) is 17.4 Å². The molecule has 0 saturated carbocycles. The number of ketones is 1. The Morgan fingerprint density at radius 2 is 2.00 bits per heavy atom. The average Bonchev–Trinajstić information content (AvgIpc) is 3.33. The maximum atomic E-state index is 13.3. The molecule has 186 valence electrons. The van der Waals surface area contributed by atoms with Crippen molar-refractivity contribution >= 4 is 17.4 Å².